The highest BCUT2D eigenvalue weighted by molar-refractivity contribution is 5.87. The first-order valence-electron chi connectivity index (χ1n) is 6.08. The van der Waals surface area contributed by atoms with E-state index in [4.69, 9.17) is 5.11 Å². The standard InChI is InChI=1S/C12H21N3O4/c1-4-6-13-11(18)9(3)14-12(19)15(7-5-2)8-10(16)17/h5,9H,2,4,6-8H2,1,3H3,(H,13,18)(H,14,19)(H,16,17). The number of hydrogen-bond donors (Lipinski definition) is 3. The maximum absolute atomic E-state index is 11.8. The van der Waals surface area contributed by atoms with Gasteiger partial charge < -0.3 is 20.6 Å². The zero-order chi connectivity index (χ0) is 14.8. The molecule has 0 radical (unpaired) electrons. The minimum atomic E-state index is -1.12. The Bertz CT molecular complexity index is 344. The molecule has 0 aliphatic heterocycles. The van der Waals surface area contributed by atoms with E-state index in [2.05, 4.69) is 17.2 Å². The van der Waals surface area contributed by atoms with Gasteiger partial charge in [0.1, 0.15) is 12.6 Å². The Morgan fingerprint density at radius 3 is 2.53 bits per heavy atom. The number of carboxylic acids is 1. The third kappa shape index (κ3) is 7.07. The molecule has 108 valence electrons. The average molecular weight is 271 g/mol. The molecule has 0 saturated heterocycles. The molecule has 0 aromatic rings. The molecule has 0 aliphatic rings. The van der Waals surface area contributed by atoms with Crippen molar-refractivity contribution >= 4 is 17.9 Å². The number of carbonyl (C=O) groups is 3. The lowest BCUT2D eigenvalue weighted by Gasteiger charge is -2.22. The van der Waals surface area contributed by atoms with Crippen LogP contribution >= 0.6 is 0 Å². The van der Waals surface area contributed by atoms with E-state index in [1.807, 2.05) is 6.92 Å². The Morgan fingerprint density at radius 1 is 1.42 bits per heavy atom. The number of carbonyl (C=O) groups excluding carboxylic acids is 2. The second kappa shape index (κ2) is 8.96. The summed E-state index contributed by atoms with van der Waals surface area (Å²) in [5.41, 5.74) is 0. The monoisotopic (exact) mass is 271 g/mol. The molecule has 3 amide bonds. The highest BCUT2D eigenvalue weighted by Crippen LogP contribution is 1.93. The molecule has 0 aromatic carbocycles. The van der Waals surface area contributed by atoms with Gasteiger partial charge in [0.2, 0.25) is 5.91 Å². The van der Waals surface area contributed by atoms with E-state index in [9.17, 15) is 14.4 Å². The molecule has 0 aromatic heterocycles. The van der Waals surface area contributed by atoms with Crippen LogP contribution in [0.4, 0.5) is 4.79 Å². The molecule has 0 heterocycles. The number of nitrogens with zero attached hydrogens (tertiary/aromatic N) is 1. The summed E-state index contributed by atoms with van der Waals surface area (Å²) in [4.78, 5) is 35.0. The van der Waals surface area contributed by atoms with Gasteiger partial charge in [-0.25, -0.2) is 4.79 Å². The van der Waals surface area contributed by atoms with Crippen molar-refractivity contribution in [3.8, 4) is 0 Å². The van der Waals surface area contributed by atoms with E-state index in [0.29, 0.717) is 6.54 Å². The van der Waals surface area contributed by atoms with Gasteiger partial charge in [0, 0.05) is 13.1 Å². The molecule has 0 spiro atoms. The summed E-state index contributed by atoms with van der Waals surface area (Å²) in [6.45, 7) is 7.09. The number of nitrogens with one attached hydrogen (secondary N) is 2. The van der Waals surface area contributed by atoms with Crippen molar-refractivity contribution in [3.63, 3.8) is 0 Å². The van der Waals surface area contributed by atoms with Crippen molar-refractivity contribution in [1.82, 2.24) is 15.5 Å². The Hall–Kier alpha value is -2.05. The van der Waals surface area contributed by atoms with E-state index >= 15 is 0 Å². The molecule has 7 nitrogen and oxygen atoms in total. The second-order valence-corrected chi connectivity index (χ2v) is 4.03. The Kier molecular flexibility index (Phi) is 7.99. The van der Waals surface area contributed by atoms with E-state index in [0.717, 1.165) is 11.3 Å². The van der Waals surface area contributed by atoms with Crippen molar-refractivity contribution in [2.45, 2.75) is 26.3 Å². The predicted molar refractivity (Wildman–Crippen MR) is 70.7 cm³/mol. The first-order chi connectivity index (χ1) is 8.92. The molecular formula is C12H21N3O4. The maximum atomic E-state index is 11.8. The van der Waals surface area contributed by atoms with E-state index < -0.39 is 24.6 Å². The average Bonchev–Trinajstić information content (AvgIpc) is 2.34. The van der Waals surface area contributed by atoms with Crippen molar-refractivity contribution in [2.75, 3.05) is 19.6 Å². The summed E-state index contributed by atoms with van der Waals surface area (Å²) < 4.78 is 0. The first-order valence-corrected chi connectivity index (χ1v) is 6.08. The summed E-state index contributed by atoms with van der Waals surface area (Å²) in [5.74, 6) is -1.43. The summed E-state index contributed by atoms with van der Waals surface area (Å²) in [5, 5.41) is 13.8. The number of carboxylic acid groups (broad SMARTS) is 1. The lowest BCUT2D eigenvalue weighted by atomic mass is 10.3. The van der Waals surface area contributed by atoms with Gasteiger partial charge >= 0.3 is 12.0 Å². The fourth-order valence-electron chi connectivity index (χ4n) is 1.28. The van der Waals surface area contributed by atoms with Gasteiger partial charge in [-0.1, -0.05) is 13.0 Å². The van der Waals surface area contributed by atoms with E-state index in [1.54, 1.807) is 0 Å². The van der Waals surface area contributed by atoms with Gasteiger partial charge in [0.15, 0.2) is 0 Å². The molecule has 3 N–H and O–H groups in total. The molecule has 19 heavy (non-hydrogen) atoms. The molecular weight excluding hydrogens is 250 g/mol. The van der Waals surface area contributed by atoms with E-state index in [-0.39, 0.29) is 12.5 Å². The SMILES string of the molecule is C=CCN(CC(=O)O)C(=O)NC(C)C(=O)NCCC. The van der Waals surface area contributed by atoms with Crippen molar-refractivity contribution in [2.24, 2.45) is 0 Å². The normalized spacial score (nSPS) is 11.3. The predicted octanol–water partition coefficient (Wildman–Crippen LogP) is 0.183. The third-order valence-corrected chi connectivity index (χ3v) is 2.25. The molecule has 0 bridgehead atoms. The van der Waals surface area contributed by atoms with Gasteiger partial charge in [-0.15, -0.1) is 6.58 Å². The number of urea groups is 1. The van der Waals surface area contributed by atoms with Crippen LogP contribution in [0, 0.1) is 0 Å². The number of rotatable bonds is 8. The van der Waals surface area contributed by atoms with Crippen LogP contribution in [0.3, 0.4) is 0 Å². The summed E-state index contributed by atoms with van der Waals surface area (Å²) >= 11 is 0. The van der Waals surface area contributed by atoms with Crippen molar-refractivity contribution in [1.29, 1.82) is 0 Å². The molecule has 0 aliphatic carbocycles. The Balaban J connectivity index is 4.40. The summed E-state index contributed by atoms with van der Waals surface area (Å²) in [6.07, 6.45) is 2.22. The Labute approximate surface area is 112 Å². The zero-order valence-corrected chi connectivity index (χ0v) is 11.3. The van der Waals surface area contributed by atoms with Gasteiger partial charge in [0.25, 0.3) is 0 Å². The molecule has 0 rings (SSSR count). The molecule has 1 atom stereocenters. The summed E-state index contributed by atoms with van der Waals surface area (Å²) in [7, 11) is 0. The van der Waals surface area contributed by atoms with Crippen LogP contribution in [-0.2, 0) is 9.59 Å². The van der Waals surface area contributed by atoms with Crippen LogP contribution in [0.25, 0.3) is 0 Å². The van der Waals surface area contributed by atoms with Crippen molar-refractivity contribution < 1.29 is 19.5 Å². The zero-order valence-electron chi connectivity index (χ0n) is 11.3. The highest BCUT2D eigenvalue weighted by atomic mass is 16.4. The van der Waals surface area contributed by atoms with Gasteiger partial charge in [-0.3, -0.25) is 9.59 Å². The minimum absolute atomic E-state index is 0.0986. The van der Waals surface area contributed by atoms with Crippen LogP contribution in [0.5, 0.6) is 0 Å². The van der Waals surface area contributed by atoms with Gasteiger partial charge in [-0.05, 0) is 13.3 Å². The number of aliphatic carboxylic acids is 1. The van der Waals surface area contributed by atoms with Gasteiger partial charge in [0.05, 0.1) is 0 Å². The van der Waals surface area contributed by atoms with Crippen molar-refractivity contribution in [3.05, 3.63) is 12.7 Å². The number of amides is 3. The summed E-state index contributed by atoms with van der Waals surface area (Å²) in [6, 6.07) is -1.33. The minimum Gasteiger partial charge on any atom is -0.480 e. The van der Waals surface area contributed by atoms with Crippen LogP contribution in [0.1, 0.15) is 20.3 Å². The van der Waals surface area contributed by atoms with Crippen LogP contribution in [-0.4, -0.2) is 53.6 Å². The van der Waals surface area contributed by atoms with Gasteiger partial charge in [-0.2, -0.15) is 0 Å². The fraction of sp³-hybridized carbons (Fsp3) is 0.583. The van der Waals surface area contributed by atoms with Crippen LogP contribution in [0.2, 0.25) is 0 Å². The molecule has 0 fully saturated rings. The first kappa shape index (κ1) is 16.9. The largest absolute Gasteiger partial charge is 0.480 e. The lowest BCUT2D eigenvalue weighted by Crippen LogP contribution is -2.51. The lowest BCUT2D eigenvalue weighted by molar-refractivity contribution is -0.137. The van der Waals surface area contributed by atoms with Crippen LogP contribution in [0.15, 0.2) is 12.7 Å². The fourth-order valence-corrected chi connectivity index (χ4v) is 1.28. The number of hydrogen-bond acceptors (Lipinski definition) is 3. The maximum Gasteiger partial charge on any atom is 0.323 e. The topological polar surface area (TPSA) is 98.7 Å². The Morgan fingerprint density at radius 2 is 2.05 bits per heavy atom. The van der Waals surface area contributed by atoms with Crippen LogP contribution < -0.4 is 10.6 Å². The van der Waals surface area contributed by atoms with E-state index in [1.165, 1.54) is 13.0 Å². The third-order valence-electron chi connectivity index (χ3n) is 2.25. The molecule has 1 unspecified atom stereocenters. The highest BCUT2D eigenvalue weighted by Gasteiger charge is 2.20. The quantitative estimate of drug-likeness (QED) is 0.548. The molecule has 0 saturated carbocycles. The molecule has 7 heteroatoms. The smallest absolute Gasteiger partial charge is 0.323 e. The second-order valence-electron chi connectivity index (χ2n) is 4.03.